The third-order valence-electron chi connectivity index (χ3n) is 5.29. The van der Waals surface area contributed by atoms with Gasteiger partial charge in [-0.1, -0.05) is 71.0 Å². The van der Waals surface area contributed by atoms with Crippen molar-refractivity contribution in [3.8, 4) is 5.69 Å². The van der Waals surface area contributed by atoms with E-state index in [1.54, 1.807) is 0 Å². The molecule has 144 valence electrons. The van der Waals surface area contributed by atoms with Gasteiger partial charge >= 0.3 is 0 Å². The molecule has 1 nitrogen and oxygen atoms in total. The largest absolute Gasteiger partial charge is 0.309 e. The van der Waals surface area contributed by atoms with Gasteiger partial charge in [-0.25, -0.2) is 0 Å². The van der Waals surface area contributed by atoms with Crippen LogP contribution in [0.2, 0.25) is 0 Å². The van der Waals surface area contributed by atoms with Crippen molar-refractivity contribution in [2.75, 3.05) is 0 Å². The lowest BCUT2D eigenvalue weighted by Gasteiger charge is -2.18. The van der Waals surface area contributed by atoms with Gasteiger partial charge in [0, 0.05) is 16.5 Å². The molecule has 0 unspecified atom stereocenters. The van der Waals surface area contributed by atoms with E-state index in [1.807, 2.05) is 0 Å². The zero-order valence-corrected chi connectivity index (χ0v) is 17.8. The van der Waals surface area contributed by atoms with Crippen LogP contribution in [0.1, 0.15) is 45.7 Å². The minimum absolute atomic E-state index is 0.288. The van der Waals surface area contributed by atoms with Crippen molar-refractivity contribution < 1.29 is 0 Å². The Morgan fingerprint density at radius 3 is 2.14 bits per heavy atom. The second-order valence-corrected chi connectivity index (χ2v) is 9.71. The molecule has 0 aliphatic heterocycles. The van der Waals surface area contributed by atoms with E-state index in [2.05, 4.69) is 106 Å². The van der Waals surface area contributed by atoms with E-state index in [9.17, 15) is 0 Å². The van der Waals surface area contributed by atoms with Crippen molar-refractivity contribution in [2.24, 2.45) is 11.3 Å². The van der Waals surface area contributed by atoms with E-state index in [0.29, 0.717) is 5.92 Å². The quantitative estimate of drug-likeness (QED) is 0.349. The van der Waals surface area contributed by atoms with Gasteiger partial charge in [0.05, 0.1) is 11.0 Å². The van der Waals surface area contributed by atoms with Crippen molar-refractivity contribution in [2.45, 2.75) is 47.5 Å². The van der Waals surface area contributed by atoms with E-state index in [1.165, 1.54) is 38.6 Å². The Morgan fingerprint density at radius 2 is 1.46 bits per heavy atom. The number of benzene rings is 3. The number of para-hydroxylation sites is 1. The molecule has 0 bridgehead atoms. The fourth-order valence-corrected chi connectivity index (χ4v) is 4.29. The summed E-state index contributed by atoms with van der Waals surface area (Å²) in [5, 5.41) is 2.71. The van der Waals surface area contributed by atoms with Crippen LogP contribution < -0.4 is 0 Å². The fourth-order valence-electron chi connectivity index (χ4n) is 4.29. The number of rotatable bonds is 4. The highest BCUT2D eigenvalue weighted by atomic mass is 15.0. The van der Waals surface area contributed by atoms with Crippen LogP contribution in [-0.2, 0) is 12.8 Å². The van der Waals surface area contributed by atoms with Crippen molar-refractivity contribution in [1.82, 2.24) is 4.57 Å². The number of fused-ring (bicyclic) bond motifs is 3. The first-order chi connectivity index (χ1) is 13.3. The highest BCUT2D eigenvalue weighted by molar-refractivity contribution is 6.09. The maximum atomic E-state index is 2.43. The van der Waals surface area contributed by atoms with Crippen LogP contribution in [0.5, 0.6) is 0 Å². The summed E-state index contributed by atoms with van der Waals surface area (Å²) in [6, 6.07) is 24.8. The molecule has 28 heavy (non-hydrogen) atoms. The number of aromatic nitrogens is 1. The van der Waals surface area contributed by atoms with Crippen LogP contribution >= 0.6 is 0 Å². The molecule has 1 heterocycles. The molecular weight excluding hydrogens is 338 g/mol. The Bertz CT molecular complexity index is 1110. The third-order valence-corrected chi connectivity index (χ3v) is 5.29. The van der Waals surface area contributed by atoms with E-state index >= 15 is 0 Å². The smallest absolute Gasteiger partial charge is 0.0543 e. The monoisotopic (exact) mass is 369 g/mol. The van der Waals surface area contributed by atoms with Gasteiger partial charge in [0.1, 0.15) is 0 Å². The molecule has 1 heteroatoms. The molecule has 0 aliphatic carbocycles. The van der Waals surface area contributed by atoms with E-state index < -0.39 is 0 Å². The van der Waals surface area contributed by atoms with Gasteiger partial charge < -0.3 is 4.57 Å². The van der Waals surface area contributed by atoms with Gasteiger partial charge in [-0.3, -0.25) is 0 Å². The van der Waals surface area contributed by atoms with Gasteiger partial charge in [-0.15, -0.1) is 0 Å². The molecule has 4 rings (SSSR count). The predicted molar refractivity (Wildman–Crippen MR) is 122 cm³/mol. The lowest BCUT2D eigenvalue weighted by atomic mass is 9.88. The van der Waals surface area contributed by atoms with Crippen LogP contribution in [0, 0.1) is 11.3 Å². The summed E-state index contributed by atoms with van der Waals surface area (Å²) in [7, 11) is 0. The minimum atomic E-state index is 0.288. The first kappa shape index (κ1) is 18.8. The molecule has 3 aromatic carbocycles. The summed E-state index contributed by atoms with van der Waals surface area (Å²) in [6.45, 7) is 11.5. The zero-order chi connectivity index (χ0) is 19.9. The number of hydrogen-bond acceptors (Lipinski definition) is 0. The maximum Gasteiger partial charge on any atom is 0.0543 e. The Kier molecular flexibility index (Phi) is 4.79. The average Bonchev–Trinajstić information content (AvgIpc) is 2.93. The van der Waals surface area contributed by atoms with Crippen LogP contribution in [-0.4, -0.2) is 4.57 Å². The van der Waals surface area contributed by atoms with Gasteiger partial charge in [-0.05, 0) is 65.6 Å². The van der Waals surface area contributed by atoms with Gasteiger partial charge in [-0.2, -0.15) is 0 Å². The molecule has 0 spiro atoms. The Labute approximate surface area is 169 Å². The Balaban J connectivity index is 1.99. The van der Waals surface area contributed by atoms with Crippen LogP contribution in [0.3, 0.4) is 0 Å². The molecule has 1 aromatic heterocycles. The van der Waals surface area contributed by atoms with Gasteiger partial charge in [0.2, 0.25) is 0 Å². The average molecular weight is 370 g/mol. The topological polar surface area (TPSA) is 4.93 Å². The SMILES string of the molecule is CC(C)Cc1ccc2c3cc(CC(C)(C)C)ccc3n(-c3ccccc3)c2c1. The molecule has 4 aromatic rings. The molecule has 0 fully saturated rings. The van der Waals surface area contributed by atoms with E-state index in [4.69, 9.17) is 0 Å². The zero-order valence-electron chi connectivity index (χ0n) is 17.8. The Morgan fingerprint density at radius 1 is 0.750 bits per heavy atom. The molecular formula is C27H31N. The third kappa shape index (κ3) is 3.71. The lowest BCUT2D eigenvalue weighted by Crippen LogP contribution is -2.08. The highest BCUT2D eigenvalue weighted by Gasteiger charge is 2.16. The fraction of sp³-hybridized carbons (Fsp3) is 0.333. The lowest BCUT2D eigenvalue weighted by molar-refractivity contribution is 0.411. The highest BCUT2D eigenvalue weighted by Crippen LogP contribution is 2.34. The van der Waals surface area contributed by atoms with Crippen molar-refractivity contribution in [3.05, 3.63) is 77.9 Å². The molecule has 0 radical (unpaired) electrons. The number of nitrogens with zero attached hydrogens (tertiary/aromatic N) is 1. The summed E-state index contributed by atoms with van der Waals surface area (Å²) in [5.41, 5.74) is 6.95. The Hall–Kier alpha value is -2.54. The molecule has 0 N–H and O–H groups in total. The van der Waals surface area contributed by atoms with E-state index in [0.717, 1.165) is 12.8 Å². The number of hydrogen-bond donors (Lipinski definition) is 0. The summed E-state index contributed by atoms with van der Waals surface area (Å²) < 4.78 is 2.43. The van der Waals surface area contributed by atoms with Crippen LogP contribution in [0.4, 0.5) is 0 Å². The van der Waals surface area contributed by atoms with Gasteiger partial charge in [0.25, 0.3) is 0 Å². The van der Waals surface area contributed by atoms with E-state index in [-0.39, 0.29) is 5.41 Å². The van der Waals surface area contributed by atoms with Gasteiger partial charge in [0.15, 0.2) is 0 Å². The van der Waals surface area contributed by atoms with Crippen molar-refractivity contribution in [1.29, 1.82) is 0 Å². The van der Waals surface area contributed by atoms with Crippen LogP contribution in [0.15, 0.2) is 66.7 Å². The molecule has 0 saturated carbocycles. The normalized spacial score (nSPS) is 12.4. The summed E-state index contributed by atoms with van der Waals surface area (Å²) in [4.78, 5) is 0. The van der Waals surface area contributed by atoms with Crippen molar-refractivity contribution in [3.63, 3.8) is 0 Å². The minimum Gasteiger partial charge on any atom is -0.309 e. The predicted octanol–water partition coefficient (Wildman–Crippen LogP) is 7.57. The molecule has 0 saturated heterocycles. The maximum absolute atomic E-state index is 2.43. The summed E-state index contributed by atoms with van der Waals surface area (Å²) >= 11 is 0. The van der Waals surface area contributed by atoms with Crippen molar-refractivity contribution >= 4 is 21.8 Å². The molecule has 0 aliphatic rings. The second-order valence-electron chi connectivity index (χ2n) is 9.71. The first-order valence-corrected chi connectivity index (χ1v) is 10.4. The molecule has 0 atom stereocenters. The molecule has 0 amide bonds. The summed E-state index contributed by atoms with van der Waals surface area (Å²) in [6.07, 6.45) is 2.20. The second kappa shape index (κ2) is 7.13. The first-order valence-electron chi connectivity index (χ1n) is 10.4. The standard InChI is InChI=1S/C27H31N/c1-19(2)15-20-11-13-23-24-16-21(18-27(3,4)5)12-14-25(24)28(26(23)17-20)22-9-7-6-8-10-22/h6-14,16-17,19H,15,18H2,1-5H3. The summed E-state index contributed by atoms with van der Waals surface area (Å²) in [5.74, 6) is 0.658. The van der Waals surface area contributed by atoms with Crippen LogP contribution in [0.25, 0.3) is 27.5 Å².